The van der Waals surface area contributed by atoms with Gasteiger partial charge in [0.25, 0.3) is 5.91 Å². The van der Waals surface area contributed by atoms with E-state index < -0.39 is 0 Å². The van der Waals surface area contributed by atoms with Gasteiger partial charge in [-0.2, -0.15) is 0 Å². The summed E-state index contributed by atoms with van der Waals surface area (Å²) in [6.07, 6.45) is 0. The zero-order chi connectivity index (χ0) is 19.5. The monoisotopic (exact) mass is 498 g/mol. The van der Waals surface area contributed by atoms with Gasteiger partial charge < -0.3 is 25.4 Å². The summed E-state index contributed by atoms with van der Waals surface area (Å²) in [5, 5.41) is 9.20. The lowest BCUT2D eigenvalue weighted by Gasteiger charge is -2.14. The van der Waals surface area contributed by atoms with Crippen molar-refractivity contribution in [3.05, 3.63) is 54.1 Å². The molecule has 152 valence electrons. The lowest BCUT2D eigenvalue weighted by atomic mass is 10.2. The molecule has 0 aliphatic carbocycles. The van der Waals surface area contributed by atoms with Crippen molar-refractivity contribution >= 4 is 41.5 Å². The number of nitrogens with zero attached hydrogens (tertiary/aromatic N) is 1. The Morgan fingerprint density at radius 3 is 2.39 bits per heavy atom. The summed E-state index contributed by atoms with van der Waals surface area (Å²) >= 11 is 0. The fourth-order valence-electron chi connectivity index (χ4n) is 2.38. The summed E-state index contributed by atoms with van der Waals surface area (Å²) in [6, 6.07) is 14.7. The molecule has 0 heterocycles. The summed E-state index contributed by atoms with van der Waals surface area (Å²) in [4.78, 5) is 16.2. The van der Waals surface area contributed by atoms with Crippen LogP contribution < -0.4 is 25.4 Å². The molecule has 2 aromatic rings. The zero-order valence-electron chi connectivity index (χ0n) is 16.3. The highest BCUT2D eigenvalue weighted by molar-refractivity contribution is 14.0. The van der Waals surface area contributed by atoms with E-state index in [4.69, 9.17) is 9.47 Å². The molecular formula is C20H27IN4O3. The van der Waals surface area contributed by atoms with Crippen molar-refractivity contribution in [3.8, 4) is 11.5 Å². The molecule has 0 spiro atoms. The predicted octanol–water partition coefficient (Wildman–Crippen LogP) is 3.13. The van der Waals surface area contributed by atoms with Crippen LogP contribution in [0.25, 0.3) is 0 Å². The maximum atomic E-state index is 12.0. The van der Waals surface area contributed by atoms with E-state index in [1.165, 1.54) is 0 Å². The van der Waals surface area contributed by atoms with E-state index >= 15 is 0 Å². The Morgan fingerprint density at radius 1 is 1.04 bits per heavy atom. The fourth-order valence-corrected chi connectivity index (χ4v) is 2.38. The van der Waals surface area contributed by atoms with E-state index in [-0.39, 0.29) is 29.9 Å². The van der Waals surface area contributed by atoms with Crippen LogP contribution in [0.2, 0.25) is 0 Å². The van der Waals surface area contributed by atoms with Crippen molar-refractivity contribution in [1.82, 2.24) is 10.6 Å². The average molecular weight is 498 g/mol. The number of aliphatic imine (C=N–C) groups is 1. The van der Waals surface area contributed by atoms with Crippen LogP contribution >= 0.6 is 24.0 Å². The van der Waals surface area contributed by atoms with Crippen LogP contribution in [0.15, 0.2) is 53.5 Å². The van der Waals surface area contributed by atoms with Crippen LogP contribution in [0, 0.1) is 0 Å². The number of amides is 1. The topological polar surface area (TPSA) is 84.0 Å². The summed E-state index contributed by atoms with van der Waals surface area (Å²) in [6.45, 7) is 3.50. The van der Waals surface area contributed by atoms with Gasteiger partial charge in [0.2, 0.25) is 0 Å². The van der Waals surface area contributed by atoms with Crippen molar-refractivity contribution < 1.29 is 14.3 Å². The molecule has 0 bridgehead atoms. The molecule has 0 aliphatic rings. The molecule has 28 heavy (non-hydrogen) atoms. The highest BCUT2D eigenvalue weighted by atomic mass is 127. The number of hydrogen-bond donors (Lipinski definition) is 3. The molecule has 0 aromatic heterocycles. The van der Waals surface area contributed by atoms with Gasteiger partial charge in [0, 0.05) is 37.5 Å². The average Bonchev–Trinajstić information content (AvgIpc) is 2.71. The molecule has 7 nitrogen and oxygen atoms in total. The smallest absolute Gasteiger partial charge is 0.251 e. The SMILES string of the molecule is CCOc1ccc(NC(=NC)NCCNC(=O)c2ccccc2)cc1OC.I. The van der Waals surface area contributed by atoms with Gasteiger partial charge in [0.05, 0.1) is 13.7 Å². The van der Waals surface area contributed by atoms with Gasteiger partial charge in [0.1, 0.15) is 0 Å². The number of ether oxygens (including phenoxy) is 2. The first-order valence-electron chi connectivity index (χ1n) is 8.79. The number of benzene rings is 2. The van der Waals surface area contributed by atoms with Crippen molar-refractivity contribution in [1.29, 1.82) is 0 Å². The minimum atomic E-state index is -0.100. The number of carbonyl (C=O) groups is 1. The summed E-state index contributed by atoms with van der Waals surface area (Å²) in [7, 11) is 3.29. The van der Waals surface area contributed by atoms with E-state index in [0.717, 1.165) is 5.69 Å². The lowest BCUT2D eigenvalue weighted by Crippen LogP contribution is -2.37. The van der Waals surface area contributed by atoms with Crippen molar-refractivity contribution in [2.75, 3.05) is 39.2 Å². The Morgan fingerprint density at radius 2 is 1.75 bits per heavy atom. The van der Waals surface area contributed by atoms with Crippen LogP contribution in [-0.4, -0.2) is 45.7 Å². The van der Waals surface area contributed by atoms with Crippen LogP contribution in [-0.2, 0) is 0 Å². The molecule has 0 aliphatic heterocycles. The second-order valence-electron chi connectivity index (χ2n) is 5.54. The first-order chi connectivity index (χ1) is 13.2. The molecule has 0 unspecified atom stereocenters. The molecule has 2 aromatic carbocycles. The summed E-state index contributed by atoms with van der Waals surface area (Å²) in [5.41, 5.74) is 1.46. The normalized spacial score (nSPS) is 10.5. The van der Waals surface area contributed by atoms with Gasteiger partial charge >= 0.3 is 0 Å². The number of rotatable bonds is 8. The highest BCUT2D eigenvalue weighted by Gasteiger charge is 2.07. The third-order valence-corrected chi connectivity index (χ3v) is 3.69. The number of halogens is 1. The Balaban J connectivity index is 0.00000392. The minimum Gasteiger partial charge on any atom is -0.493 e. The molecule has 0 saturated carbocycles. The Bertz CT molecular complexity index is 769. The van der Waals surface area contributed by atoms with Crippen LogP contribution in [0.3, 0.4) is 0 Å². The second kappa shape index (κ2) is 12.8. The first kappa shape index (κ1) is 23.5. The molecule has 0 atom stereocenters. The molecule has 0 fully saturated rings. The number of hydrogen-bond acceptors (Lipinski definition) is 4. The third kappa shape index (κ3) is 7.26. The van der Waals surface area contributed by atoms with Crippen LogP contribution in [0.4, 0.5) is 5.69 Å². The number of nitrogens with one attached hydrogen (secondary N) is 3. The highest BCUT2D eigenvalue weighted by Crippen LogP contribution is 2.30. The molecule has 0 radical (unpaired) electrons. The van der Waals surface area contributed by atoms with Gasteiger partial charge in [-0.15, -0.1) is 24.0 Å². The van der Waals surface area contributed by atoms with E-state index in [1.54, 1.807) is 26.3 Å². The van der Waals surface area contributed by atoms with Gasteiger partial charge in [-0.25, -0.2) is 0 Å². The summed E-state index contributed by atoms with van der Waals surface area (Å²) < 4.78 is 10.9. The van der Waals surface area contributed by atoms with Crippen LogP contribution in [0.1, 0.15) is 17.3 Å². The molecule has 1 amide bonds. The molecule has 8 heteroatoms. The van der Waals surface area contributed by atoms with E-state index in [1.807, 2.05) is 43.3 Å². The predicted molar refractivity (Wildman–Crippen MR) is 123 cm³/mol. The first-order valence-corrected chi connectivity index (χ1v) is 8.79. The quantitative estimate of drug-likeness (QED) is 0.226. The van der Waals surface area contributed by atoms with E-state index in [2.05, 4.69) is 20.9 Å². The molecular weight excluding hydrogens is 471 g/mol. The van der Waals surface area contributed by atoms with Gasteiger partial charge in [0.15, 0.2) is 17.5 Å². The molecule has 0 saturated heterocycles. The van der Waals surface area contributed by atoms with E-state index in [9.17, 15) is 4.79 Å². The van der Waals surface area contributed by atoms with E-state index in [0.29, 0.717) is 42.7 Å². The van der Waals surface area contributed by atoms with Gasteiger partial charge in [-0.05, 0) is 31.2 Å². The second-order valence-corrected chi connectivity index (χ2v) is 5.54. The number of methoxy groups -OCH3 is 1. The Kier molecular flexibility index (Phi) is 10.8. The maximum Gasteiger partial charge on any atom is 0.251 e. The minimum absolute atomic E-state index is 0. The van der Waals surface area contributed by atoms with Gasteiger partial charge in [-0.3, -0.25) is 9.79 Å². The van der Waals surface area contributed by atoms with Crippen LogP contribution in [0.5, 0.6) is 11.5 Å². The molecule has 3 N–H and O–H groups in total. The van der Waals surface area contributed by atoms with Crippen molar-refractivity contribution in [2.24, 2.45) is 4.99 Å². The maximum absolute atomic E-state index is 12.0. The number of carbonyl (C=O) groups excluding carboxylic acids is 1. The Labute approximate surface area is 182 Å². The third-order valence-electron chi connectivity index (χ3n) is 3.69. The number of anilines is 1. The number of guanidine groups is 1. The zero-order valence-corrected chi connectivity index (χ0v) is 18.7. The summed E-state index contributed by atoms with van der Waals surface area (Å²) in [5.74, 6) is 1.83. The van der Waals surface area contributed by atoms with Crippen molar-refractivity contribution in [2.45, 2.75) is 6.92 Å². The Hall–Kier alpha value is -2.49. The lowest BCUT2D eigenvalue weighted by molar-refractivity contribution is 0.0954. The standard InChI is InChI=1S/C20H26N4O3.HI/c1-4-27-17-11-10-16(14-18(17)26-3)24-20(21-2)23-13-12-22-19(25)15-8-6-5-7-9-15;/h5-11,14H,4,12-13H2,1-3H3,(H,22,25)(H2,21,23,24);1H. The van der Waals surface area contributed by atoms with Crippen molar-refractivity contribution in [3.63, 3.8) is 0 Å². The molecule has 2 rings (SSSR count). The largest absolute Gasteiger partial charge is 0.493 e. The van der Waals surface area contributed by atoms with Gasteiger partial charge in [-0.1, -0.05) is 18.2 Å². The fraction of sp³-hybridized carbons (Fsp3) is 0.300.